The fourth-order valence-corrected chi connectivity index (χ4v) is 4.47. The molecule has 172 valence electrons. The quantitative estimate of drug-likeness (QED) is 0.583. The molecule has 0 aliphatic carbocycles. The van der Waals surface area contributed by atoms with Gasteiger partial charge in [0.2, 0.25) is 11.8 Å². The molecule has 0 saturated carbocycles. The van der Waals surface area contributed by atoms with Crippen LogP contribution in [0.25, 0.3) is 0 Å². The predicted molar refractivity (Wildman–Crippen MR) is 124 cm³/mol. The predicted octanol–water partition coefficient (Wildman–Crippen LogP) is 3.55. The van der Waals surface area contributed by atoms with Crippen LogP contribution in [-0.2, 0) is 22.7 Å². The number of halogens is 1. The van der Waals surface area contributed by atoms with Crippen LogP contribution in [0.5, 0.6) is 0 Å². The first-order valence-electron chi connectivity index (χ1n) is 10.8. The minimum atomic E-state index is -0.648. The highest BCUT2D eigenvalue weighted by molar-refractivity contribution is 6.31. The number of hydrogen-bond donors (Lipinski definition) is 3. The van der Waals surface area contributed by atoms with Gasteiger partial charge in [-0.1, -0.05) is 37.6 Å². The number of fused-ring (bicyclic) bond motifs is 1. The fourth-order valence-electron chi connectivity index (χ4n) is 4.13. The molecule has 1 saturated heterocycles. The van der Waals surface area contributed by atoms with Crippen LogP contribution in [0.2, 0.25) is 5.02 Å². The molecular formula is C24H25ClN4O4. The van der Waals surface area contributed by atoms with E-state index >= 15 is 0 Å². The Labute approximate surface area is 196 Å². The molecule has 2 aromatic rings. The maximum absolute atomic E-state index is 12.9. The first-order valence-corrected chi connectivity index (χ1v) is 11.2. The molecule has 0 spiro atoms. The number of carbonyl (C=O) groups excluding carboxylic acids is 4. The van der Waals surface area contributed by atoms with Gasteiger partial charge in [0.1, 0.15) is 6.04 Å². The van der Waals surface area contributed by atoms with Gasteiger partial charge in [-0.25, -0.2) is 4.79 Å². The van der Waals surface area contributed by atoms with E-state index in [1.54, 1.807) is 18.2 Å². The molecule has 2 aliphatic rings. The largest absolute Gasteiger partial charge is 0.334 e. The third-order valence-electron chi connectivity index (χ3n) is 5.92. The van der Waals surface area contributed by atoms with Crippen molar-refractivity contribution < 1.29 is 19.2 Å². The standard InChI is InChI=1S/C24H25ClN4O4/c1-13(2)17-10-16(5-6-19(17)25)27-24(33)26-11-14-3-4-15-12-29(23(32)18(15)9-14)20-7-8-21(30)28-22(20)31/h3-6,9-10,13,20H,7-8,11-12H2,1-2H3,(H2,26,27,33)(H,28,30,31). The molecule has 2 aliphatic heterocycles. The summed E-state index contributed by atoms with van der Waals surface area (Å²) in [7, 11) is 0. The maximum atomic E-state index is 12.9. The molecule has 2 heterocycles. The molecule has 0 radical (unpaired) electrons. The number of amides is 5. The van der Waals surface area contributed by atoms with Crippen molar-refractivity contribution in [3.8, 4) is 0 Å². The van der Waals surface area contributed by atoms with Gasteiger partial charge in [0.05, 0.1) is 0 Å². The number of urea groups is 1. The van der Waals surface area contributed by atoms with E-state index in [0.717, 1.165) is 16.7 Å². The number of hydrogen-bond acceptors (Lipinski definition) is 4. The SMILES string of the molecule is CC(C)c1cc(NC(=O)NCc2ccc3c(c2)C(=O)N(C2CCC(=O)NC2=O)C3)ccc1Cl. The summed E-state index contributed by atoms with van der Waals surface area (Å²) in [6.07, 6.45) is 0.537. The number of nitrogens with one attached hydrogen (secondary N) is 3. The molecule has 4 rings (SSSR count). The van der Waals surface area contributed by atoms with Gasteiger partial charge in [-0.3, -0.25) is 19.7 Å². The van der Waals surface area contributed by atoms with Gasteiger partial charge in [0, 0.05) is 35.8 Å². The number of anilines is 1. The van der Waals surface area contributed by atoms with Crippen LogP contribution in [0.3, 0.4) is 0 Å². The Balaban J connectivity index is 1.38. The molecule has 2 aromatic carbocycles. The first-order chi connectivity index (χ1) is 15.7. The van der Waals surface area contributed by atoms with Crippen LogP contribution in [0.4, 0.5) is 10.5 Å². The molecule has 1 fully saturated rings. The number of nitrogens with zero attached hydrogens (tertiary/aromatic N) is 1. The molecule has 8 nitrogen and oxygen atoms in total. The highest BCUT2D eigenvalue weighted by Crippen LogP contribution is 2.29. The Kier molecular flexibility index (Phi) is 6.37. The molecule has 33 heavy (non-hydrogen) atoms. The van der Waals surface area contributed by atoms with Crippen LogP contribution in [0.1, 0.15) is 59.7 Å². The summed E-state index contributed by atoms with van der Waals surface area (Å²) in [6.45, 7) is 4.61. The number of rotatable bonds is 5. The second kappa shape index (κ2) is 9.23. The Morgan fingerprint density at radius 1 is 1.18 bits per heavy atom. The van der Waals surface area contributed by atoms with Gasteiger partial charge >= 0.3 is 6.03 Å². The lowest BCUT2D eigenvalue weighted by Gasteiger charge is -2.29. The van der Waals surface area contributed by atoms with E-state index in [9.17, 15) is 19.2 Å². The summed E-state index contributed by atoms with van der Waals surface area (Å²) in [5.74, 6) is -0.765. The fraction of sp³-hybridized carbons (Fsp3) is 0.333. The maximum Gasteiger partial charge on any atom is 0.319 e. The zero-order valence-corrected chi connectivity index (χ0v) is 19.2. The molecule has 5 amide bonds. The second-order valence-corrected chi connectivity index (χ2v) is 9.00. The van der Waals surface area contributed by atoms with Gasteiger partial charge in [0.25, 0.3) is 5.91 Å². The molecule has 1 atom stereocenters. The third-order valence-corrected chi connectivity index (χ3v) is 6.27. The van der Waals surface area contributed by atoms with Crippen molar-refractivity contribution in [3.63, 3.8) is 0 Å². The lowest BCUT2D eigenvalue weighted by atomic mass is 10.0. The Morgan fingerprint density at radius 3 is 2.70 bits per heavy atom. The summed E-state index contributed by atoms with van der Waals surface area (Å²) >= 11 is 6.20. The van der Waals surface area contributed by atoms with E-state index in [1.807, 2.05) is 32.0 Å². The van der Waals surface area contributed by atoms with Crippen molar-refractivity contribution in [2.45, 2.75) is 51.7 Å². The van der Waals surface area contributed by atoms with Crippen molar-refractivity contribution in [2.75, 3.05) is 5.32 Å². The summed E-state index contributed by atoms with van der Waals surface area (Å²) in [5, 5.41) is 8.55. The van der Waals surface area contributed by atoms with Crippen molar-refractivity contribution >= 4 is 41.0 Å². The van der Waals surface area contributed by atoms with Crippen LogP contribution in [0, 0.1) is 0 Å². The lowest BCUT2D eigenvalue weighted by Crippen LogP contribution is -2.52. The molecule has 3 N–H and O–H groups in total. The third kappa shape index (κ3) is 4.85. The Morgan fingerprint density at radius 2 is 1.97 bits per heavy atom. The zero-order valence-electron chi connectivity index (χ0n) is 18.4. The Bertz CT molecular complexity index is 1150. The highest BCUT2D eigenvalue weighted by atomic mass is 35.5. The summed E-state index contributed by atoms with van der Waals surface area (Å²) in [4.78, 5) is 50.4. The van der Waals surface area contributed by atoms with E-state index in [-0.39, 0.29) is 36.7 Å². The van der Waals surface area contributed by atoms with E-state index in [1.165, 1.54) is 4.90 Å². The number of benzene rings is 2. The van der Waals surface area contributed by atoms with Crippen LogP contribution < -0.4 is 16.0 Å². The topological polar surface area (TPSA) is 108 Å². The van der Waals surface area contributed by atoms with Crippen LogP contribution >= 0.6 is 11.6 Å². The van der Waals surface area contributed by atoms with Crippen molar-refractivity contribution in [2.24, 2.45) is 0 Å². The molecule has 0 bridgehead atoms. The molecular weight excluding hydrogens is 444 g/mol. The van der Waals surface area contributed by atoms with Crippen molar-refractivity contribution in [3.05, 3.63) is 63.7 Å². The van der Waals surface area contributed by atoms with Crippen molar-refractivity contribution in [1.82, 2.24) is 15.5 Å². The zero-order chi connectivity index (χ0) is 23.7. The summed E-state index contributed by atoms with van der Waals surface area (Å²) < 4.78 is 0. The minimum absolute atomic E-state index is 0.215. The van der Waals surface area contributed by atoms with Gasteiger partial charge in [-0.15, -0.1) is 0 Å². The smallest absolute Gasteiger partial charge is 0.319 e. The van der Waals surface area contributed by atoms with Gasteiger partial charge in [-0.2, -0.15) is 0 Å². The average Bonchev–Trinajstić information content (AvgIpc) is 3.09. The summed E-state index contributed by atoms with van der Waals surface area (Å²) in [6, 6.07) is 9.75. The summed E-state index contributed by atoms with van der Waals surface area (Å²) in [5.41, 5.74) is 3.69. The van der Waals surface area contributed by atoms with Gasteiger partial charge in [0.15, 0.2) is 0 Å². The molecule has 9 heteroatoms. The second-order valence-electron chi connectivity index (χ2n) is 8.59. The Hall–Kier alpha value is -3.39. The van der Waals surface area contributed by atoms with Crippen LogP contribution in [-0.4, -0.2) is 34.7 Å². The number of piperidine rings is 1. The van der Waals surface area contributed by atoms with E-state index in [0.29, 0.717) is 29.2 Å². The van der Waals surface area contributed by atoms with E-state index in [2.05, 4.69) is 16.0 Å². The highest BCUT2D eigenvalue weighted by Gasteiger charge is 2.39. The molecule has 0 aromatic heterocycles. The van der Waals surface area contributed by atoms with Crippen molar-refractivity contribution in [1.29, 1.82) is 0 Å². The lowest BCUT2D eigenvalue weighted by molar-refractivity contribution is -0.136. The molecule has 1 unspecified atom stereocenters. The van der Waals surface area contributed by atoms with Crippen LogP contribution in [0.15, 0.2) is 36.4 Å². The monoisotopic (exact) mass is 468 g/mol. The van der Waals surface area contributed by atoms with Gasteiger partial charge in [-0.05, 0) is 53.3 Å². The number of imide groups is 1. The van der Waals surface area contributed by atoms with E-state index in [4.69, 9.17) is 11.6 Å². The van der Waals surface area contributed by atoms with Gasteiger partial charge < -0.3 is 15.5 Å². The number of carbonyl (C=O) groups is 4. The normalized spacial score (nSPS) is 17.8. The van der Waals surface area contributed by atoms with E-state index < -0.39 is 11.9 Å². The minimum Gasteiger partial charge on any atom is -0.334 e. The average molecular weight is 469 g/mol. The first kappa shape index (κ1) is 22.8.